The first-order valence-electron chi connectivity index (χ1n) is 6.73. The van der Waals surface area contributed by atoms with Gasteiger partial charge < -0.3 is 15.7 Å². The van der Waals surface area contributed by atoms with Crippen molar-refractivity contribution in [3.63, 3.8) is 0 Å². The van der Waals surface area contributed by atoms with E-state index >= 15 is 0 Å². The Bertz CT molecular complexity index is 941. The summed E-state index contributed by atoms with van der Waals surface area (Å²) >= 11 is 0. The van der Waals surface area contributed by atoms with Crippen LogP contribution in [0.4, 0.5) is 4.39 Å². The van der Waals surface area contributed by atoms with E-state index < -0.39 is 17.3 Å². The van der Waals surface area contributed by atoms with Crippen molar-refractivity contribution in [2.45, 2.75) is 12.8 Å². The molecule has 1 aromatic heterocycles. The number of aryl methyl sites for hydroxylation is 1. The Hall–Kier alpha value is -3.27. The number of nitrogens with two attached hydrogens (primary N) is 1. The second-order valence-electron chi connectivity index (χ2n) is 5.16. The van der Waals surface area contributed by atoms with Crippen LogP contribution in [0, 0.1) is 24.1 Å². The van der Waals surface area contributed by atoms with Gasteiger partial charge in [0.25, 0.3) is 5.56 Å². The zero-order chi connectivity index (χ0) is 16.7. The molecule has 2 heterocycles. The lowest BCUT2D eigenvalue weighted by Gasteiger charge is -2.26. The van der Waals surface area contributed by atoms with Crippen molar-refractivity contribution in [3.8, 4) is 11.8 Å². The highest BCUT2D eigenvalue weighted by Gasteiger charge is 2.34. The number of fused-ring (bicyclic) bond motifs is 1. The fourth-order valence-corrected chi connectivity index (χ4v) is 2.66. The molecule has 0 saturated heterocycles. The topological polar surface area (TPSA) is 101 Å². The van der Waals surface area contributed by atoms with Crippen LogP contribution in [0.15, 0.2) is 46.6 Å². The maximum Gasteiger partial charge on any atom is 0.291 e. The van der Waals surface area contributed by atoms with E-state index in [9.17, 15) is 19.7 Å². The molecule has 3 N–H and O–H groups in total. The molecule has 1 aliphatic heterocycles. The van der Waals surface area contributed by atoms with Crippen LogP contribution in [0.5, 0.6) is 5.75 Å². The summed E-state index contributed by atoms with van der Waals surface area (Å²) in [6.45, 7) is 1.52. The Morgan fingerprint density at radius 1 is 1.43 bits per heavy atom. The zero-order valence-electron chi connectivity index (χ0n) is 12.1. The van der Waals surface area contributed by atoms with Gasteiger partial charge in [-0.05, 0) is 24.6 Å². The molecular weight excluding hydrogens is 301 g/mol. The van der Waals surface area contributed by atoms with Crippen LogP contribution in [0.1, 0.15) is 22.7 Å². The van der Waals surface area contributed by atoms with E-state index in [4.69, 9.17) is 10.5 Å². The van der Waals surface area contributed by atoms with Crippen molar-refractivity contribution in [2.75, 3.05) is 0 Å². The van der Waals surface area contributed by atoms with Gasteiger partial charge in [0, 0.05) is 6.07 Å². The third-order valence-corrected chi connectivity index (χ3v) is 3.73. The second kappa shape index (κ2) is 5.18. The van der Waals surface area contributed by atoms with E-state index in [2.05, 4.69) is 0 Å². The monoisotopic (exact) mass is 313 g/mol. The first-order valence-corrected chi connectivity index (χ1v) is 6.73. The summed E-state index contributed by atoms with van der Waals surface area (Å²) in [4.78, 5) is 12.4. The number of nitrogens with zero attached hydrogens (tertiary/aromatic N) is 2. The number of ether oxygens (including phenoxy) is 1. The predicted molar refractivity (Wildman–Crippen MR) is 78.3 cm³/mol. The molecular formula is C16H12FN3O3. The van der Waals surface area contributed by atoms with Gasteiger partial charge in [-0.3, -0.25) is 4.79 Å². The first kappa shape index (κ1) is 14.7. The molecule has 6 nitrogen and oxygen atoms in total. The lowest BCUT2D eigenvalue weighted by Crippen LogP contribution is -2.31. The highest BCUT2D eigenvalue weighted by molar-refractivity contribution is 5.55. The number of pyridine rings is 1. The summed E-state index contributed by atoms with van der Waals surface area (Å²) in [6, 6.07) is 8.85. The molecule has 0 bridgehead atoms. The molecule has 1 aliphatic rings. The molecule has 116 valence electrons. The Kier molecular flexibility index (Phi) is 3.30. The van der Waals surface area contributed by atoms with Gasteiger partial charge in [0.05, 0.1) is 17.2 Å². The fraction of sp³-hybridized carbons (Fsp3) is 0.125. The Labute approximate surface area is 130 Å². The number of benzene rings is 1. The van der Waals surface area contributed by atoms with Gasteiger partial charge in [-0.1, -0.05) is 12.1 Å². The highest BCUT2D eigenvalue weighted by Crippen LogP contribution is 2.40. The van der Waals surface area contributed by atoms with Gasteiger partial charge in [0.15, 0.2) is 0 Å². The van der Waals surface area contributed by atoms with Crippen LogP contribution < -0.4 is 16.0 Å². The first-order chi connectivity index (χ1) is 10.9. The normalized spacial score (nSPS) is 16.5. The van der Waals surface area contributed by atoms with E-state index in [0.29, 0.717) is 10.3 Å². The molecule has 0 unspecified atom stereocenters. The van der Waals surface area contributed by atoms with Crippen LogP contribution in [0.25, 0.3) is 0 Å². The fourth-order valence-electron chi connectivity index (χ4n) is 2.66. The SMILES string of the molecule is Cc1cc2c(c(=O)n1O)[C@@H](c1cccc(F)c1)C(C#N)=C(N)O2. The largest absolute Gasteiger partial charge is 0.440 e. The molecule has 7 heteroatoms. The number of nitriles is 1. The quantitative estimate of drug-likeness (QED) is 0.781. The van der Waals surface area contributed by atoms with Gasteiger partial charge in [-0.25, -0.2) is 4.39 Å². The lowest BCUT2D eigenvalue weighted by molar-refractivity contribution is 0.165. The summed E-state index contributed by atoms with van der Waals surface area (Å²) in [5, 5.41) is 19.2. The van der Waals surface area contributed by atoms with Gasteiger partial charge >= 0.3 is 0 Å². The predicted octanol–water partition coefficient (Wildman–Crippen LogP) is 1.75. The van der Waals surface area contributed by atoms with Crippen LogP contribution in [-0.4, -0.2) is 9.94 Å². The average Bonchev–Trinajstić information content (AvgIpc) is 2.51. The van der Waals surface area contributed by atoms with Crippen molar-refractivity contribution < 1.29 is 14.3 Å². The Morgan fingerprint density at radius 3 is 2.83 bits per heavy atom. The van der Waals surface area contributed by atoms with Gasteiger partial charge in [0.2, 0.25) is 5.88 Å². The number of hydrogen-bond donors (Lipinski definition) is 2. The van der Waals surface area contributed by atoms with E-state index in [-0.39, 0.29) is 28.5 Å². The molecule has 0 spiro atoms. The number of aromatic nitrogens is 1. The van der Waals surface area contributed by atoms with Crippen LogP contribution in [0.3, 0.4) is 0 Å². The summed E-state index contributed by atoms with van der Waals surface area (Å²) in [7, 11) is 0. The Balaban J connectivity index is 2.36. The molecule has 1 aromatic carbocycles. The highest BCUT2D eigenvalue weighted by atomic mass is 19.1. The molecule has 2 aromatic rings. The van der Waals surface area contributed by atoms with Crippen molar-refractivity contribution in [3.05, 3.63) is 74.8 Å². The van der Waals surface area contributed by atoms with E-state index in [1.165, 1.54) is 31.2 Å². The van der Waals surface area contributed by atoms with Crippen molar-refractivity contribution in [1.82, 2.24) is 4.73 Å². The molecule has 0 radical (unpaired) electrons. The summed E-state index contributed by atoms with van der Waals surface area (Å²) in [5.74, 6) is -1.43. The van der Waals surface area contributed by atoms with Crippen molar-refractivity contribution in [2.24, 2.45) is 5.73 Å². The lowest BCUT2D eigenvalue weighted by atomic mass is 9.84. The van der Waals surface area contributed by atoms with E-state index in [1.54, 1.807) is 6.07 Å². The minimum Gasteiger partial charge on any atom is -0.440 e. The number of halogens is 1. The van der Waals surface area contributed by atoms with Gasteiger partial charge in [-0.2, -0.15) is 9.99 Å². The van der Waals surface area contributed by atoms with E-state index in [0.717, 1.165) is 0 Å². The van der Waals surface area contributed by atoms with Gasteiger partial charge in [0.1, 0.15) is 23.2 Å². The summed E-state index contributed by atoms with van der Waals surface area (Å²) in [6.07, 6.45) is 0. The molecule has 0 amide bonds. The maximum atomic E-state index is 13.6. The molecule has 3 rings (SSSR count). The minimum atomic E-state index is -0.911. The number of allylic oxidation sites excluding steroid dienone is 1. The Morgan fingerprint density at radius 2 is 2.17 bits per heavy atom. The summed E-state index contributed by atoms with van der Waals surface area (Å²) in [5.41, 5.74) is 5.68. The third kappa shape index (κ3) is 2.21. The smallest absolute Gasteiger partial charge is 0.291 e. The standard InChI is InChI=1S/C16H12FN3O3/c1-8-5-12-14(16(21)20(8)22)13(11(7-18)15(19)23-12)9-3-2-4-10(17)6-9/h2-6,13,22H,19H2,1H3/t13-/m0/s1. The van der Waals surface area contributed by atoms with Crippen molar-refractivity contribution in [1.29, 1.82) is 5.26 Å². The molecule has 0 aliphatic carbocycles. The summed E-state index contributed by atoms with van der Waals surface area (Å²) < 4.78 is 19.4. The third-order valence-electron chi connectivity index (χ3n) is 3.73. The number of rotatable bonds is 1. The minimum absolute atomic E-state index is 0.0101. The molecule has 1 atom stereocenters. The van der Waals surface area contributed by atoms with Crippen LogP contribution in [0.2, 0.25) is 0 Å². The zero-order valence-corrected chi connectivity index (χ0v) is 12.1. The molecule has 0 saturated carbocycles. The van der Waals surface area contributed by atoms with E-state index in [1.807, 2.05) is 6.07 Å². The molecule has 0 fully saturated rings. The molecule has 23 heavy (non-hydrogen) atoms. The maximum absolute atomic E-state index is 13.6. The van der Waals surface area contributed by atoms with Crippen LogP contribution in [-0.2, 0) is 0 Å². The second-order valence-corrected chi connectivity index (χ2v) is 5.16. The number of hydrogen-bond acceptors (Lipinski definition) is 5. The average molecular weight is 313 g/mol. The van der Waals surface area contributed by atoms with Crippen molar-refractivity contribution >= 4 is 0 Å². The van der Waals surface area contributed by atoms with Crippen LogP contribution >= 0.6 is 0 Å². The van der Waals surface area contributed by atoms with Gasteiger partial charge in [-0.15, -0.1) is 0 Å².